The molecule has 9 heteroatoms. The molecule has 2 aromatic carbocycles. The highest BCUT2D eigenvalue weighted by Crippen LogP contribution is 2.52. The van der Waals surface area contributed by atoms with Gasteiger partial charge in [-0.2, -0.15) is 0 Å². The number of pyridine rings is 1. The third kappa shape index (κ3) is 5.77. The van der Waals surface area contributed by atoms with Gasteiger partial charge in [-0.1, -0.05) is 35.7 Å². The molecular formula is C29H34N4O3S2. The largest absolute Gasteiger partial charge is 0.379 e. The van der Waals surface area contributed by atoms with Gasteiger partial charge < -0.3 is 24.7 Å². The van der Waals surface area contributed by atoms with Gasteiger partial charge in [0.1, 0.15) is 0 Å². The van der Waals surface area contributed by atoms with Crippen molar-refractivity contribution in [2.45, 2.75) is 39.0 Å². The van der Waals surface area contributed by atoms with Gasteiger partial charge in [-0.25, -0.2) is 0 Å². The first kappa shape index (κ1) is 25.8. The van der Waals surface area contributed by atoms with Gasteiger partial charge in [-0.15, -0.1) is 0 Å². The summed E-state index contributed by atoms with van der Waals surface area (Å²) in [7, 11) is 0. The lowest BCUT2D eigenvalue weighted by Gasteiger charge is -2.36. The Hall–Kier alpha value is -2.43. The summed E-state index contributed by atoms with van der Waals surface area (Å²) in [5, 5.41) is 3.76. The number of ether oxygens (including phenoxy) is 2. The van der Waals surface area contributed by atoms with Crippen LogP contribution in [0.15, 0.2) is 72.9 Å². The van der Waals surface area contributed by atoms with E-state index in [-0.39, 0.29) is 11.1 Å². The molecule has 3 aliphatic heterocycles. The highest BCUT2D eigenvalue weighted by molar-refractivity contribution is 8.05. The Morgan fingerprint density at radius 2 is 1.66 bits per heavy atom. The second kappa shape index (κ2) is 11.0. The van der Waals surface area contributed by atoms with Crippen molar-refractivity contribution < 1.29 is 9.47 Å². The van der Waals surface area contributed by atoms with Crippen LogP contribution in [0.1, 0.15) is 13.8 Å². The molecule has 0 spiro atoms. The fraction of sp³-hybridized carbons (Fsp3) is 0.414. The van der Waals surface area contributed by atoms with Crippen LogP contribution in [0.3, 0.4) is 0 Å². The molecule has 3 aromatic rings. The summed E-state index contributed by atoms with van der Waals surface area (Å²) >= 11 is 3.58. The minimum Gasteiger partial charge on any atom is -0.379 e. The summed E-state index contributed by atoms with van der Waals surface area (Å²) in [6, 6.07) is 16.8. The van der Waals surface area contributed by atoms with E-state index in [4.69, 9.17) is 9.47 Å². The summed E-state index contributed by atoms with van der Waals surface area (Å²) in [5.41, 5.74) is 3.87. The van der Waals surface area contributed by atoms with E-state index < -0.39 is 0 Å². The molecular weight excluding hydrogens is 516 g/mol. The minimum absolute atomic E-state index is 0.0551. The number of H-pyrrole nitrogens is 1. The molecule has 1 aromatic heterocycles. The molecule has 4 heterocycles. The lowest BCUT2D eigenvalue weighted by Crippen LogP contribution is -2.48. The van der Waals surface area contributed by atoms with Crippen LogP contribution in [0.2, 0.25) is 0 Å². The Kier molecular flexibility index (Phi) is 7.46. The van der Waals surface area contributed by atoms with Crippen LogP contribution in [0.25, 0.3) is 11.3 Å². The van der Waals surface area contributed by atoms with Crippen LogP contribution in [-0.4, -0.2) is 74.6 Å². The number of benzene rings is 2. The summed E-state index contributed by atoms with van der Waals surface area (Å²) < 4.78 is 11.0. The summed E-state index contributed by atoms with van der Waals surface area (Å²) in [6.07, 6.45) is 0. The lowest BCUT2D eigenvalue weighted by atomic mass is 10.0. The second-order valence-corrected chi connectivity index (χ2v) is 12.7. The second-order valence-electron chi connectivity index (χ2n) is 10.6. The Balaban J connectivity index is 1.23. The number of aromatic amines is 1. The minimum atomic E-state index is -0.0779. The van der Waals surface area contributed by atoms with E-state index in [1.807, 2.05) is 0 Å². The smallest absolute Gasteiger partial charge is 0.250 e. The number of nitrogens with zero attached hydrogens (tertiary/aromatic N) is 2. The van der Waals surface area contributed by atoms with Crippen LogP contribution >= 0.6 is 23.5 Å². The van der Waals surface area contributed by atoms with E-state index in [0.29, 0.717) is 13.2 Å². The average Bonchev–Trinajstić information content (AvgIpc) is 2.92. The van der Waals surface area contributed by atoms with Crippen LogP contribution in [0.5, 0.6) is 0 Å². The molecule has 0 atom stereocenters. The van der Waals surface area contributed by atoms with Crippen molar-refractivity contribution in [3.63, 3.8) is 0 Å². The molecule has 0 amide bonds. The summed E-state index contributed by atoms with van der Waals surface area (Å²) in [6.45, 7) is 12.1. The van der Waals surface area contributed by atoms with E-state index in [1.165, 1.54) is 19.6 Å². The lowest BCUT2D eigenvalue weighted by molar-refractivity contribution is 0.0317. The zero-order valence-electron chi connectivity index (χ0n) is 21.9. The van der Waals surface area contributed by atoms with Crippen LogP contribution in [-0.2, 0) is 9.47 Å². The fourth-order valence-corrected chi connectivity index (χ4v) is 7.73. The fourth-order valence-electron chi connectivity index (χ4n) is 5.32. The summed E-state index contributed by atoms with van der Waals surface area (Å²) in [5.74, 6) is 0. The van der Waals surface area contributed by atoms with E-state index in [1.54, 1.807) is 29.6 Å². The van der Waals surface area contributed by atoms with Crippen molar-refractivity contribution in [2.75, 3.05) is 69.4 Å². The predicted molar refractivity (Wildman–Crippen MR) is 155 cm³/mol. The molecule has 2 saturated heterocycles. The Labute approximate surface area is 232 Å². The molecule has 7 nitrogen and oxygen atoms in total. The first-order chi connectivity index (χ1) is 18.4. The first-order valence-corrected chi connectivity index (χ1v) is 14.9. The number of rotatable bonds is 6. The number of hydrogen-bond acceptors (Lipinski definition) is 8. The SMILES string of the molecule is CC(C)(CN1CCOCC1)Nc1ccc2c(c1)Sc1cccc(-c3cc(N4CCOCC4)cc(=O)[nH]3)c1S2. The third-order valence-corrected chi connectivity index (χ3v) is 9.65. The number of nitrogens with one attached hydrogen (secondary N) is 2. The maximum absolute atomic E-state index is 12.6. The van der Waals surface area contributed by atoms with Crippen molar-refractivity contribution in [3.05, 3.63) is 58.9 Å². The standard InChI is InChI=1S/C29H34N4O3S2/c1-29(2,19-32-8-12-35-13-9-32)31-20-6-7-24-26(16-20)37-25-5-3-4-22(28(25)38-24)23-17-21(18-27(34)30-23)33-10-14-36-15-11-33/h3-7,16-18,31H,8-15,19H2,1-2H3,(H,30,34). The molecule has 3 aliphatic rings. The van der Waals surface area contributed by atoms with Gasteiger partial charge in [-0.3, -0.25) is 9.69 Å². The number of hydrogen-bond donors (Lipinski definition) is 2. The number of aromatic nitrogens is 1. The zero-order valence-corrected chi connectivity index (χ0v) is 23.6. The third-order valence-electron chi connectivity index (χ3n) is 7.06. The molecule has 38 heavy (non-hydrogen) atoms. The van der Waals surface area contributed by atoms with Crippen LogP contribution in [0.4, 0.5) is 11.4 Å². The van der Waals surface area contributed by atoms with Gasteiger partial charge in [0.2, 0.25) is 5.56 Å². The first-order valence-electron chi connectivity index (χ1n) is 13.2. The Morgan fingerprint density at radius 1 is 0.895 bits per heavy atom. The van der Waals surface area contributed by atoms with E-state index in [2.05, 4.69) is 76.4 Å². The Morgan fingerprint density at radius 3 is 2.45 bits per heavy atom. The van der Waals surface area contributed by atoms with Crippen molar-refractivity contribution in [3.8, 4) is 11.3 Å². The predicted octanol–water partition coefficient (Wildman–Crippen LogP) is 5.02. The maximum atomic E-state index is 12.6. The molecule has 0 unspecified atom stereocenters. The molecule has 0 radical (unpaired) electrons. The van der Waals surface area contributed by atoms with Crippen molar-refractivity contribution in [2.24, 2.45) is 0 Å². The van der Waals surface area contributed by atoms with Gasteiger partial charge >= 0.3 is 0 Å². The zero-order chi connectivity index (χ0) is 26.1. The topological polar surface area (TPSA) is 69.8 Å². The molecule has 0 saturated carbocycles. The number of fused-ring (bicyclic) bond motifs is 2. The highest BCUT2D eigenvalue weighted by atomic mass is 32.2. The van der Waals surface area contributed by atoms with Gasteiger partial charge in [-0.05, 0) is 44.2 Å². The molecule has 6 rings (SSSR count). The average molecular weight is 551 g/mol. The van der Waals surface area contributed by atoms with E-state index in [0.717, 1.165) is 68.6 Å². The maximum Gasteiger partial charge on any atom is 0.250 e. The van der Waals surface area contributed by atoms with Crippen molar-refractivity contribution in [1.82, 2.24) is 9.88 Å². The van der Waals surface area contributed by atoms with Gasteiger partial charge in [0.15, 0.2) is 0 Å². The monoisotopic (exact) mass is 550 g/mol. The van der Waals surface area contributed by atoms with E-state index >= 15 is 0 Å². The molecule has 2 fully saturated rings. The van der Waals surface area contributed by atoms with Gasteiger partial charge in [0.25, 0.3) is 0 Å². The molecule has 0 bridgehead atoms. The molecule has 2 N–H and O–H groups in total. The van der Waals surface area contributed by atoms with Gasteiger partial charge in [0, 0.05) is 80.8 Å². The quantitative estimate of drug-likeness (QED) is 0.347. The summed E-state index contributed by atoms with van der Waals surface area (Å²) in [4.78, 5) is 25.3. The van der Waals surface area contributed by atoms with Crippen LogP contribution < -0.4 is 15.8 Å². The number of morpholine rings is 2. The van der Waals surface area contributed by atoms with Crippen LogP contribution in [0, 0.1) is 0 Å². The van der Waals surface area contributed by atoms with Gasteiger partial charge in [0.05, 0.1) is 32.1 Å². The number of anilines is 2. The van der Waals surface area contributed by atoms with Crippen molar-refractivity contribution >= 4 is 34.9 Å². The molecule has 0 aliphatic carbocycles. The highest BCUT2D eigenvalue weighted by Gasteiger charge is 2.25. The Bertz CT molecular complexity index is 1360. The normalized spacial score (nSPS) is 18.1. The van der Waals surface area contributed by atoms with Crippen molar-refractivity contribution in [1.29, 1.82) is 0 Å². The molecule has 200 valence electrons. The van der Waals surface area contributed by atoms with E-state index in [9.17, 15) is 4.79 Å².